The minimum atomic E-state index is -0.418. The number of nitrogens with zero attached hydrogens (tertiary/aromatic N) is 1. The van der Waals surface area contributed by atoms with Crippen LogP contribution in [0.2, 0.25) is 0 Å². The molecule has 0 amide bonds. The standard InChI is InChI=1S/C27H34INO4/c1-7-29-17-11-26(3,4)13-19(30)23(17)22(24-18(29)12-27(5,6)14-20(24)31)15-9-16(28)25(32)21(10-15)33-8-2/h9-10,22,32H,7-8,11-14H2,1-6H3. The van der Waals surface area contributed by atoms with Crippen LogP contribution in [0, 0.1) is 14.4 Å². The van der Waals surface area contributed by atoms with Crippen molar-refractivity contribution in [2.75, 3.05) is 13.2 Å². The molecule has 6 heteroatoms. The van der Waals surface area contributed by atoms with Gasteiger partial charge in [-0.25, -0.2) is 0 Å². The lowest BCUT2D eigenvalue weighted by Gasteiger charge is -2.49. The molecule has 0 fully saturated rings. The van der Waals surface area contributed by atoms with Crippen LogP contribution >= 0.6 is 22.6 Å². The molecular formula is C27H34INO4. The number of carbonyl (C=O) groups excluding carboxylic acids is 2. The van der Waals surface area contributed by atoms with Crippen molar-refractivity contribution < 1.29 is 19.4 Å². The SMILES string of the molecule is CCOc1cc(C2C3=C(CC(C)(C)CC3=O)N(CC)C3=C2C(=O)CC(C)(C)C3)cc(I)c1O. The van der Waals surface area contributed by atoms with Crippen molar-refractivity contribution in [1.82, 2.24) is 4.90 Å². The Morgan fingerprint density at radius 3 is 1.94 bits per heavy atom. The Labute approximate surface area is 210 Å². The molecule has 0 bridgehead atoms. The number of Topliss-reactive ketones (excluding diaryl/α,β-unsaturated/α-hetero) is 2. The van der Waals surface area contributed by atoms with E-state index in [1.54, 1.807) is 0 Å². The molecule has 1 aliphatic heterocycles. The molecule has 1 aromatic carbocycles. The lowest BCUT2D eigenvalue weighted by Crippen LogP contribution is -2.44. The predicted molar refractivity (Wildman–Crippen MR) is 137 cm³/mol. The molecule has 0 saturated heterocycles. The van der Waals surface area contributed by atoms with Crippen LogP contribution in [0.5, 0.6) is 11.5 Å². The molecule has 2 aliphatic carbocycles. The number of ether oxygens (including phenoxy) is 1. The van der Waals surface area contributed by atoms with Crippen molar-refractivity contribution in [1.29, 1.82) is 0 Å². The number of phenolic OH excluding ortho intramolecular Hbond substituents is 1. The van der Waals surface area contributed by atoms with E-state index in [0.717, 1.165) is 47.5 Å². The molecule has 1 heterocycles. The third-order valence-electron chi connectivity index (χ3n) is 7.02. The molecule has 0 radical (unpaired) electrons. The van der Waals surface area contributed by atoms with Gasteiger partial charge in [-0.3, -0.25) is 9.59 Å². The van der Waals surface area contributed by atoms with Crippen LogP contribution in [0.15, 0.2) is 34.7 Å². The molecule has 3 aliphatic rings. The molecule has 0 saturated carbocycles. The summed E-state index contributed by atoms with van der Waals surface area (Å²) in [6.45, 7) is 13.7. The zero-order valence-corrected chi connectivity index (χ0v) is 22.6. The number of rotatable bonds is 4. The first kappa shape index (κ1) is 24.3. The summed E-state index contributed by atoms with van der Waals surface area (Å²) in [7, 11) is 0. The average molecular weight is 563 g/mol. The van der Waals surface area contributed by atoms with Crippen molar-refractivity contribution in [3.05, 3.63) is 43.8 Å². The Hall–Kier alpha value is -1.83. The fraction of sp³-hybridized carbons (Fsp3) is 0.556. The van der Waals surface area contributed by atoms with Gasteiger partial charge in [0.15, 0.2) is 23.1 Å². The lowest BCUT2D eigenvalue weighted by molar-refractivity contribution is -0.119. The first-order chi connectivity index (χ1) is 15.4. The van der Waals surface area contributed by atoms with Gasteiger partial charge in [-0.15, -0.1) is 0 Å². The second-order valence-corrected chi connectivity index (χ2v) is 12.2. The second-order valence-electron chi connectivity index (χ2n) is 11.1. The molecule has 1 N–H and O–H groups in total. The molecule has 4 rings (SSSR count). The Balaban J connectivity index is 2.01. The Morgan fingerprint density at radius 2 is 1.48 bits per heavy atom. The van der Waals surface area contributed by atoms with Crippen LogP contribution in [-0.4, -0.2) is 34.7 Å². The van der Waals surface area contributed by atoms with E-state index in [2.05, 4.69) is 62.1 Å². The highest BCUT2D eigenvalue weighted by atomic mass is 127. The van der Waals surface area contributed by atoms with E-state index >= 15 is 0 Å². The Kier molecular flexibility index (Phi) is 6.21. The van der Waals surface area contributed by atoms with E-state index in [9.17, 15) is 14.7 Å². The fourth-order valence-corrected chi connectivity index (χ4v) is 6.41. The Bertz CT molecular complexity index is 1040. The van der Waals surface area contributed by atoms with Crippen LogP contribution in [0.25, 0.3) is 0 Å². The molecule has 0 unspecified atom stereocenters. The van der Waals surface area contributed by atoms with Gasteiger partial charge in [-0.05, 0) is 77.8 Å². The van der Waals surface area contributed by atoms with Crippen molar-refractivity contribution in [3.8, 4) is 11.5 Å². The average Bonchev–Trinajstić information content (AvgIpc) is 2.68. The quantitative estimate of drug-likeness (QED) is 0.449. The van der Waals surface area contributed by atoms with Crippen LogP contribution < -0.4 is 4.74 Å². The fourth-order valence-electron chi connectivity index (χ4n) is 5.79. The molecule has 33 heavy (non-hydrogen) atoms. The lowest BCUT2D eigenvalue weighted by atomic mass is 9.63. The number of hydrogen-bond acceptors (Lipinski definition) is 5. The van der Waals surface area contributed by atoms with Crippen LogP contribution in [0.4, 0.5) is 0 Å². The van der Waals surface area contributed by atoms with Crippen molar-refractivity contribution >= 4 is 34.2 Å². The highest BCUT2D eigenvalue weighted by Crippen LogP contribution is 2.55. The largest absolute Gasteiger partial charge is 0.504 e. The molecule has 5 nitrogen and oxygen atoms in total. The molecular weight excluding hydrogens is 529 g/mol. The van der Waals surface area contributed by atoms with Gasteiger partial charge < -0.3 is 14.7 Å². The Morgan fingerprint density at radius 1 is 0.970 bits per heavy atom. The maximum Gasteiger partial charge on any atom is 0.171 e. The van der Waals surface area contributed by atoms with Crippen molar-refractivity contribution in [3.63, 3.8) is 0 Å². The summed E-state index contributed by atoms with van der Waals surface area (Å²) in [5.74, 6) is 0.319. The third-order valence-corrected chi connectivity index (χ3v) is 7.84. The van der Waals surface area contributed by atoms with Crippen LogP contribution in [0.1, 0.15) is 78.7 Å². The first-order valence-electron chi connectivity index (χ1n) is 11.8. The molecule has 0 aromatic heterocycles. The van der Waals surface area contributed by atoms with Gasteiger partial charge in [0.1, 0.15) is 0 Å². The van der Waals surface area contributed by atoms with Gasteiger partial charge in [0.05, 0.1) is 10.2 Å². The molecule has 1 aromatic rings. The van der Waals surface area contributed by atoms with E-state index in [0.29, 0.717) is 28.8 Å². The second kappa shape index (κ2) is 8.43. The summed E-state index contributed by atoms with van der Waals surface area (Å²) in [5, 5.41) is 10.5. The van der Waals surface area contributed by atoms with E-state index < -0.39 is 5.92 Å². The van der Waals surface area contributed by atoms with Gasteiger partial charge in [0.25, 0.3) is 0 Å². The number of benzene rings is 1. The van der Waals surface area contributed by atoms with Gasteiger partial charge >= 0.3 is 0 Å². The van der Waals surface area contributed by atoms with E-state index in [-0.39, 0.29) is 28.1 Å². The maximum atomic E-state index is 13.7. The third kappa shape index (κ3) is 4.24. The van der Waals surface area contributed by atoms with Gasteiger partial charge in [-0.2, -0.15) is 0 Å². The number of aromatic hydroxyl groups is 1. The summed E-state index contributed by atoms with van der Waals surface area (Å²) < 4.78 is 6.37. The van der Waals surface area contributed by atoms with Gasteiger partial charge in [-0.1, -0.05) is 27.7 Å². The number of carbonyl (C=O) groups is 2. The topological polar surface area (TPSA) is 66.8 Å². The van der Waals surface area contributed by atoms with Crippen LogP contribution in [-0.2, 0) is 9.59 Å². The van der Waals surface area contributed by atoms with E-state index in [1.807, 2.05) is 19.1 Å². The monoisotopic (exact) mass is 563 g/mol. The molecule has 0 spiro atoms. The summed E-state index contributed by atoms with van der Waals surface area (Å²) in [4.78, 5) is 29.6. The smallest absolute Gasteiger partial charge is 0.171 e. The highest BCUT2D eigenvalue weighted by molar-refractivity contribution is 14.1. The zero-order chi connectivity index (χ0) is 24.3. The number of allylic oxidation sites excluding steroid dienone is 4. The normalized spacial score (nSPS) is 22.5. The first-order valence-corrected chi connectivity index (χ1v) is 12.9. The van der Waals surface area contributed by atoms with Gasteiger partial charge in [0, 0.05) is 47.8 Å². The molecule has 0 atom stereocenters. The predicted octanol–water partition coefficient (Wildman–Crippen LogP) is 6.10. The summed E-state index contributed by atoms with van der Waals surface area (Å²) in [5.41, 5.74) is 4.24. The summed E-state index contributed by atoms with van der Waals surface area (Å²) >= 11 is 2.10. The van der Waals surface area contributed by atoms with E-state index in [4.69, 9.17) is 4.74 Å². The summed E-state index contributed by atoms with van der Waals surface area (Å²) in [6.07, 6.45) is 2.54. The van der Waals surface area contributed by atoms with Crippen molar-refractivity contribution in [2.45, 2.75) is 73.1 Å². The zero-order valence-electron chi connectivity index (χ0n) is 20.5. The van der Waals surface area contributed by atoms with Crippen LogP contribution in [0.3, 0.4) is 0 Å². The number of ketones is 2. The number of halogens is 1. The number of hydrogen-bond donors (Lipinski definition) is 1. The van der Waals surface area contributed by atoms with Crippen molar-refractivity contribution in [2.24, 2.45) is 10.8 Å². The van der Waals surface area contributed by atoms with E-state index in [1.165, 1.54) is 0 Å². The minimum Gasteiger partial charge on any atom is -0.504 e. The minimum absolute atomic E-state index is 0.0998. The summed E-state index contributed by atoms with van der Waals surface area (Å²) in [6, 6.07) is 3.72. The molecule has 178 valence electrons. The van der Waals surface area contributed by atoms with Gasteiger partial charge in [0.2, 0.25) is 0 Å². The number of phenols is 1. The maximum absolute atomic E-state index is 13.7. The highest BCUT2D eigenvalue weighted by Gasteiger charge is 2.48.